The van der Waals surface area contributed by atoms with Gasteiger partial charge in [-0.15, -0.1) is 0 Å². The van der Waals surface area contributed by atoms with E-state index in [2.05, 4.69) is 25.9 Å². The lowest BCUT2D eigenvalue weighted by Crippen LogP contribution is -2.12. The first-order valence-electron chi connectivity index (χ1n) is 7.44. The zero-order valence-corrected chi connectivity index (χ0v) is 14.2. The Bertz CT molecular complexity index is 761. The van der Waals surface area contributed by atoms with Crippen molar-refractivity contribution in [2.24, 2.45) is 0 Å². The molecule has 0 aliphatic rings. The first-order valence-corrected chi connectivity index (χ1v) is 7.82. The number of halogens is 3. The quantitative estimate of drug-likeness (QED) is 0.537. The van der Waals surface area contributed by atoms with Gasteiger partial charge in [0.1, 0.15) is 16.7 Å². The Morgan fingerprint density at radius 3 is 2.64 bits per heavy atom. The van der Waals surface area contributed by atoms with Crippen LogP contribution in [0.1, 0.15) is 12.5 Å². The van der Waals surface area contributed by atoms with Gasteiger partial charge in [0, 0.05) is 31.6 Å². The molecule has 0 atom stereocenters. The van der Waals surface area contributed by atoms with Gasteiger partial charge in [-0.1, -0.05) is 11.6 Å². The number of benzene rings is 1. The van der Waals surface area contributed by atoms with Crippen LogP contribution < -0.4 is 16.0 Å². The van der Waals surface area contributed by atoms with Crippen LogP contribution >= 0.6 is 11.6 Å². The highest BCUT2D eigenvalue weighted by atomic mass is 35.5. The molecule has 0 unspecified atom stereocenters. The van der Waals surface area contributed by atoms with Crippen LogP contribution in [0.25, 0.3) is 0 Å². The van der Waals surface area contributed by atoms with Crippen molar-refractivity contribution >= 4 is 29.6 Å². The van der Waals surface area contributed by atoms with E-state index >= 15 is 0 Å². The monoisotopic (exact) mass is 366 g/mol. The van der Waals surface area contributed by atoms with Gasteiger partial charge in [-0.3, -0.25) is 0 Å². The van der Waals surface area contributed by atoms with E-state index in [1.54, 1.807) is 6.20 Å². The summed E-state index contributed by atoms with van der Waals surface area (Å²) in [7, 11) is 0. The van der Waals surface area contributed by atoms with E-state index < -0.39 is 11.6 Å². The zero-order chi connectivity index (χ0) is 18.2. The molecule has 25 heavy (non-hydrogen) atoms. The number of rotatable bonds is 8. The molecule has 1 aromatic carbocycles. The summed E-state index contributed by atoms with van der Waals surface area (Å²) in [4.78, 5) is 8.24. The number of hydrogen-bond acceptors (Lipinski definition) is 6. The van der Waals surface area contributed by atoms with Crippen molar-refractivity contribution in [1.82, 2.24) is 15.3 Å². The molecule has 0 aliphatic heterocycles. The molecule has 6 nitrogen and oxygen atoms in total. The van der Waals surface area contributed by atoms with Gasteiger partial charge < -0.3 is 21.4 Å². The maximum atomic E-state index is 13.2. The predicted molar refractivity (Wildman–Crippen MR) is 94.9 cm³/mol. The fourth-order valence-electron chi connectivity index (χ4n) is 1.91. The Morgan fingerprint density at radius 1 is 1.28 bits per heavy atom. The van der Waals surface area contributed by atoms with Crippen molar-refractivity contribution in [3.8, 4) is 0 Å². The Kier molecular flexibility index (Phi) is 6.64. The maximum absolute atomic E-state index is 13.2. The molecule has 1 heterocycles. The zero-order valence-electron chi connectivity index (χ0n) is 13.4. The number of nitrogens with one attached hydrogen (secondary N) is 4. The van der Waals surface area contributed by atoms with Gasteiger partial charge in [0.15, 0.2) is 5.82 Å². The second-order valence-electron chi connectivity index (χ2n) is 4.95. The van der Waals surface area contributed by atoms with E-state index in [9.17, 15) is 8.78 Å². The van der Waals surface area contributed by atoms with Crippen LogP contribution in [0.4, 0.5) is 20.5 Å². The van der Waals surface area contributed by atoms with Gasteiger partial charge in [-0.05, 0) is 24.6 Å². The lowest BCUT2D eigenvalue weighted by atomic mass is 10.2. The van der Waals surface area contributed by atoms with Crippen molar-refractivity contribution in [3.05, 3.63) is 58.5 Å². The topological polar surface area (TPSA) is 85.7 Å². The Balaban J connectivity index is 2.11. The molecular formula is C16H17ClF2N6. The summed E-state index contributed by atoms with van der Waals surface area (Å²) >= 11 is 6.04. The van der Waals surface area contributed by atoms with E-state index in [-0.39, 0.29) is 17.5 Å². The summed E-state index contributed by atoms with van der Waals surface area (Å²) in [6.07, 6.45) is 4.12. The van der Waals surface area contributed by atoms with Gasteiger partial charge in [0.2, 0.25) is 5.95 Å². The average Bonchev–Trinajstić information content (AvgIpc) is 2.58. The summed E-state index contributed by atoms with van der Waals surface area (Å²) in [5.74, 6) is -0.782. The third-order valence-electron chi connectivity index (χ3n) is 3.00. The van der Waals surface area contributed by atoms with Crippen molar-refractivity contribution in [2.75, 3.05) is 17.2 Å². The van der Waals surface area contributed by atoms with Gasteiger partial charge >= 0.3 is 0 Å². The molecule has 0 saturated carbocycles. The molecule has 1 aromatic heterocycles. The molecule has 0 amide bonds. The largest absolute Gasteiger partial charge is 0.389 e. The van der Waals surface area contributed by atoms with Crippen molar-refractivity contribution in [2.45, 2.75) is 13.5 Å². The van der Waals surface area contributed by atoms with Crippen molar-refractivity contribution in [3.63, 3.8) is 0 Å². The lowest BCUT2D eigenvalue weighted by Gasteiger charge is -2.10. The third-order valence-corrected chi connectivity index (χ3v) is 3.28. The predicted octanol–water partition coefficient (Wildman–Crippen LogP) is 3.53. The minimum atomic E-state index is -0.655. The van der Waals surface area contributed by atoms with E-state index in [4.69, 9.17) is 17.0 Å². The minimum absolute atomic E-state index is 0.134. The van der Waals surface area contributed by atoms with Gasteiger partial charge in [0.05, 0.1) is 11.9 Å². The molecule has 4 N–H and O–H groups in total. The van der Waals surface area contributed by atoms with Crippen LogP contribution in [0.15, 0.2) is 36.3 Å². The number of aromatic nitrogens is 2. The van der Waals surface area contributed by atoms with E-state index in [1.165, 1.54) is 18.3 Å². The van der Waals surface area contributed by atoms with Crippen LogP contribution in [0.2, 0.25) is 5.02 Å². The number of allylic oxidation sites excluding steroid dienone is 1. The second-order valence-corrected chi connectivity index (χ2v) is 5.36. The van der Waals surface area contributed by atoms with Crippen LogP contribution in [0.5, 0.6) is 0 Å². The smallest absolute Gasteiger partial charge is 0.229 e. The average molecular weight is 367 g/mol. The summed E-state index contributed by atoms with van der Waals surface area (Å²) in [5.41, 5.74) is 0.872. The highest BCUT2D eigenvalue weighted by molar-refractivity contribution is 6.32. The van der Waals surface area contributed by atoms with Gasteiger partial charge in [0.25, 0.3) is 0 Å². The highest BCUT2D eigenvalue weighted by Gasteiger charge is 2.07. The van der Waals surface area contributed by atoms with E-state index in [1.807, 2.05) is 6.92 Å². The SMILES string of the molecule is CCN/C=C(\C=N)Nc1ncc(Cl)c(NCc2cc(F)cc(F)c2)n1. The van der Waals surface area contributed by atoms with Crippen molar-refractivity contribution in [1.29, 1.82) is 5.41 Å². The summed E-state index contributed by atoms with van der Waals surface area (Å²) in [6, 6.07) is 3.24. The number of nitrogens with zero attached hydrogens (tertiary/aromatic N) is 2. The first kappa shape index (κ1) is 18.6. The van der Waals surface area contributed by atoms with Gasteiger partial charge in [-0.2, -0.15) is 4.98 Å². The van der Waals surface area contributed by atoms with E-state index in [0.29, 0.717) is 23.6 Å². The molecule has 0 aliphatic carbocycles. The first-order chi connectivity index (χ1) is 12.0. The fourth-order valence-corrected chi connectivity index (χ4v) is 2.06. The molecule has 2 rings (SSSR count). The van der Waals surface area contributed by atoms with Crippen LogP contribution in [0.3, 0.4) is 0 Å². The van der Waals surface area contributed by atoms with Crippen LogP contribution in [-0.2, 0) is 6.54 Å². The lowest BCUT2D eigenvalue weighted by molar-refractivity contribution is 0.580. The standard InChI is InChI=1S/C16H17ClF2N6/c1-2-21-8-13(6-20)24-16-23-9-14(17)15(25-16)22-7-10-3-11(18)5-12(19)4-10/h3-6,8-9,20-21H,2,7H2,1H3,(H2,22,23,24,25)/b13-8+,20-6?. The Morgan fingerprint density at radius 2 is 2.00 bits per heavy atom. The molecule has 9 heteroatoms. The fraction of sp³-hybridized carbons (Fsp3) is 0.188. The number of hydrogen-bond donors (Lipinski definition) is 4. The Hall–Kier alpha value is -2.74. The molecule has 0 saturated heterocycles. The van der Waals surface area contributed by atoms with Crippen molar-refractivity contribution < 1.29 is 8.78 Å². The molecule has 132 valence electrons. The maximum Gasteiger partial charge on any atom is 0.229 e. The molecule has 0 spiro atoms. The molecule has 2 aromatic rings. The molecule has 0 radical (unpaired) electrons. The molecular weight excluding hydrogens is 350 g/mol. The third kappa shape index (κ3) is 5.68. The van der Waals surface area contributed by atoms with Gasteiger partial charge in [-0.25, -0.2) is 13.8 Å². The summed E-state index contributed by atoms with van der Waals surface area (Å²) < 4.78 is 26.4. The van der Waals surface area contributed by atoms with E-state index in [0.717, 1.165) is 12.3 Å². The number of anilines is 2. The summed E-state index contributed by atoms with van der Waals surface area (Å²) in [6.45, 7) is 2.77. The summed E-state index contributed by atoms with van der Waals surface area (Å²) in [5, 5.41) is 16.3. The highest BCUT2D eigenvalue weighted by Crippen LogP contribution is 2.21. The van der Waals surface area contributed by atoms with Crippen LogP contribution in [0, 0.1) is 17.0 Å². The normalized spacial score (nSPS) is 11.1. The molecule has 0 fully saturated rings. The molecule has 0 bridgehead atoms. The minimum Gasteiger partial charge on any atom is -0.389 e. The second kappa shape index (κ2) is 8.93. The Labute approximate surface area is 148 Å². The van der Waals surface area contributed by atoms with Crippen LogP contribution in [-0.4, -0.2) is 22.7 Å².